The zero-order valence-corrected chi connectivity index (χ0v) is 10.3. The number of hydrogen-bond donors (Lipinski definition) is 0. The lowest BCUT2D eigenvalue weighted by Gasteiger charge is -2.15. The van der Waals surface area contributed by atoms with E-state index in [2.05, 4.69) is 26.5 Å². The minimum atomic E-state index is -0.140. The smallest absolute Gasteiger partial charge is 0.305 e. The molecule has 0 fully saturated rings. The molecule has 0 radical (unpaired) electrons. The average molecular weight is 210 g/mol. The minimum absolute atomic E-state index is 0.140. The highest BCUT2D eigenvalue weighted by atomic mass is 16.5. The minimum Gasteiger partial charge on any atom is -0.465 e. The fraction of sp³-hybridized carbons (Fsp3) is 0.615. The van der Waals surface area contributed by atoms with Crippen molar-refractivity contribution < 1.29 is 9.53 Å². The van der Waals surface area contributed by atoms with E-state index in [0.717, 1.165) is 12.0 Å². The topological polar surface area (TPSA) is 26.3 Å². The van der Waals surface area contributed by atoms with Crippen LogP contribution in [0, 0.1) is 5.92 Å². The van der Waals surface area contributed by atoms with E-state index in [0.29, 0.717) is 13.0 Å². The molecule has 1 atom stereocenters. The average Bonchev–Trinajstić information content (AvgIpc) is 2.16. The van der Waals surface area contributed by atoms with Crippen LogP contribution in [0.3, 0.4) is 0 Å². The van der Waals surface area contributed by atoms with Crippen LogP contribution >= 0.6 is 0 Å². The Kier molecular flexibility index (Phi) is 6.76. The Labute approximate surface area is 93.0 Å². The third-order valence-electron chi connectivity index (χ3n) is 2.24. The van der Waals surface area contributed by atoms with Gasteiger partial charge in [-0.05, 0) is 27.2 Å². The van der Waals surface area contributed by atoms with Crippen LogP contribution in [-0.2, 0) is 9.53 Å². The number of hydrogen-bond acceptors (Lipinski definition) is 2. The summed E-state index contributed by atoms with van der Waals surface area (Å²) < 4.78 is 5.12. The molecule has 2 nitrogen and oxygen atoms in total. The molecule has 0 aliphatic heterocycles. The van der Waals surface area contributed by atoms with Crippen molar-refractivity contribution >= 4 is 5.97 Å². The quantitative estimate of drug-likeness (QED) is 0.495. The number of allylic oxidation sites excluding steroid dienone is 2. The van der Waals surface area contributed by atoms with Crippen molar-refractivity contribution in [3.8, 4) is 0 Å². The van der Waals surface area contributed by atoms with E-state index in [1.807, 2.05) is 6.92 Å². The summed E-state index contributed by atoms with van der Waals surface area (Å²) in [7, 11) is 0. The molecule has 0 rings (SSSR count). The molecule has 0 aromatic heterocycles. The Morgan fingerprint density at radius 1 is 1.40 bits per heavy atom. The van der Waals surface area contributed by atoms with Crippen LogP contribution in [0.5, 0.6) is 0 Å². The molecule has 0 aromatic rings. The summed E-state index contributed by atoms with van der Waals surface area (Å²) in [6, 6.07) is 0. The van der Waals surface area contributed by atoms with Crippen LogP contribution in [0.2, 0.25) is 0 Å². The monoisotopic (exact) mass is 210 g/mol. The van der Waals surface area contributed by atoms with E-state index in [1.54, 1.807) is 6.92 Å². The number of carbonyl (C=O) groups excluding carboxylic acids is 1. The lowest BCUT2D eigenvalue weighted by atomic mass is 9.98. The summed E-state index contributed by atoms with van der Waals surface area (Å²) in [5.74, 6) is 0.105. The first kappa shape index (κ1) is 13.9. The molecule has 0 aliphatic rings. The van der Waals surface area contributed by atoms with Gasteiger partial charge in [0.15, 0.2) is 0 Å². The van der Waals surface area contributed by atoms with E-state index in [-0.39, 0.29) is 11.9 Å². The molecular formula is C13H22O2. The van der Waals surface area contributed by atoms with Crippen LogP contribution in [0.4, 0.5) is 0 Å². The van der Waals surface area contributed by atoms with Gasteiger partial charge in [0.2, 0.25) is 0 Å². The number of rotatable bonds is 6. The third kappa shape index (κ3) is 6.95. The molecule has 15 heavy (non-hydrogen) atoms. The van der Waals surface area contributed by atoms with Crippen molar-refractivity contribution in [2.75, 3.05) is 6.61 Å². The zero-order valence-electron chi connectivity index (χ0n) is 10.3. The van der Waals surface area contributed by atoms with Gasteiger partial charge in [-0.25, -0.2) is 0 Å². The van der Waals surface area contributed by atoms with Crippen LogP contribution in [0.1, 0.15) is 40.5 Å². The third-order valence-corrected chi connectivity index (χ3v) is 2.24. The Bertz CT molecular complexity index is 247. The lowest BCUT2D eigenvalue weighted by molar-refractivity contribution is -0.144. The maximum Gasteiger partial charge on any atom is 0.305 e. The summed E-state index contributed by atoms with van der Waals surface area (Å²) in [5, 5.41) is 0. The summed E-state index contributed by atoms with van der Waals surface area (Å²) in [6.07, 6.45) is 3.49. The summed E-state index contributed by atoms with van der Waals surface area (Å²) >= 11 is 0. The van der Waals surface area contributed by atoms with Crippen molar-refractivity contribution in [2.45, 2.75) is 40.5 Å². The van der Waals surface area contributed by atoms with Gasteiger partial charge in [-0.15, -0.1) is 0 Å². The van der Waals surface area contributed by atoms with Gasteiger partial charge in [0.25, 0.3) is 0 Å². The molecule has 0 N–H and O–H groups in total. The lowest BCUT2D eigenvalue weighted by Crippen LogP contribution is -2.13. The van der Waals surface area contributed by atoms with Crippen molar-refractivity contribution in [3.63, 3.8) is 0 Å². The first-order valence-electron chi connectivity index (χ1n) is 5.41. The second kappa shape index (κ2) is 7.27. The standard InChI is InChI=1S/C13H22O2/c1-6-13(14)15-9-12(11(4)5)8-7-10(2)3/h7,12H,4,6,8-9H2,1-3,5H3/t12-/m0/s1. The molecule has 0 saturated heterocycles. The highest BCUT2D eigenvalue weighted by Gasteiger charge is 2.10. The molecule has 0 heterocycles. The second-order valence-corrected chi connectivity index (χ2v) is 4.10. The van der Waals surface area contributed by atoms with E-state index in [9.17, 15) is 4.79 Å². The van der Waals surface area contributed by atoms with Crippen LogP contribution < -0.4 is 0 Å². The van der Waals surface area contributed by atoms with Crippen LogP contribution in [0.15, 0.2) is 23.8 Å². The molecule has 0 saturated carbocycles. The normalized spacial score (nSPS) is 11.7. The van der Waals surface area contributed by atoms with E-state index in [4.69, 9.17) is 4.74 Å². The van der Waals surface area contributed by atoms with Gasteiger partial charge >= 0.3 is 5.97 Å². The van der Waals surface area contributed by atoms with Gasteiger partial charge in [-0.2, -0.15) is 0 Å². The largest absolute Gasteiger partial charge is 0.465 e. The van der Waals surface area contributed by atoms with Crippen LogP contribution in [0.25, 0.3) is 0 Å². The Balaban J connectivity index is 4.11. The van der Waals surface area contributed by atoms with Crippen molar-refractivity contribution in [3.05, 3.63) is 23.8 Å². The SMILES string of the molecule is C=C(C)[C@@H](CC=C(C)C)COC(=O)CC. The Morgan fingerprint density at radius 2 is 2.00 bits per heavy atom. The van der Waals surface area contributed by atoms with E-state index in [1.165, 1.54) is 5.57 Å². The van der Waals surface area contributed by atoms with Gasteiger partial charge in [0, 0.05) is 12.3 Å². The molecular weight excluding hydrogens is 188 g/mol. The van der Waals surface area contributed by atoms with Crippen molar-refractivity contribution in [1.82, 2.24) is 0 Å². The molecule has 0 amide bonds. The molecule has 0 unspecified atom stereocenters. The number of carbonyl (C=O) groups is 1. The predicted octanol–water partition coefficient (Wildman–Crippen LogP) is 3.49. The first-order valence-corrected chi connectivity index (χ1v) is 5.41. The molecule has 0 aliphatic carbocycles. The number of esters is 1. The van der Waals surface area contributed by atoms with Gasteiger partial charge < -0.3 is 4.74 Å². The maximum atomic E-state index is 11.0. The van der Waals surface area contributed by atoms with Gasteiger partial charge in [-0.3, -0.25) is 4.79 Å². The molecule has 0 bridgehead atoms. The zero-order chi connectivity index (χ0) is 11.8. The second-order valence-electron chi connectivity index (χ2n) is 4.10. The fourth-order valence-electron chi connectivity index (χ4n) is 1.09. The van der Waals surface area contributed by atoms with E-state index >= 15 is 0 Å². The van der Waals surface area contributed by atoms with Crippen molar-refractivity contribution in [2.24, 2.45) is 5.92 Å². The Hall–Kier alpha value is -1.05. The maximum absolute atomic E-state index is 11.0. The van der Waals surface area contributed by atoms with E-state index < -0.39 is 0 Å². The molecule has 0 aromatic carbocycles. The summed E-state index contributed by atoms with van der Waals surface area (Å²) in [4.78, 5) is 11.0. The predicted molar refractivity (Wildman–Crippen MR) is 63.6 cm³/mol. The molecule has 2 heteroatoms. The summed E-state index contributed by atoms with van der Waals surface area (Å²) in [6.45, 7) is 12.3. The number of ether oxygens (including phenoxy) is 1. The summed E-state index contributed by atoms with van der Waals surface area (Å²) in [5.41, 5.74) is 2.35. The highest BCUT2D eigenvalue weighted by Crippen LogP contribution is 2.15. The van der Waals surface area contributed by atoms with Crippen LogP contribution in [-0.4, -0.2) is 12.6 Å². The fourth-order valence-corrected chi connectivity index (χ4v) is 1.09. The highest BCUT2D eigenvalue weighted by molar-refractivity contribution is 5.68. The molecule has 86 valence electrons. The molecule has 0 spiro atoms. The Morgan fingerprint density at radius 3 is 2.40 bits per heavy atom. The first-order chi connectivity index (χ1) is 6.97. The van der Waals surface area contributed by atoms with Gasteiger partial charge in [-0.1, -0.05) is 30.7 Å². The van der Waals surface area contributed by atoms with Crippen molar-refractivity contribution in [1.29, 1.82) is 0 Å². The van der Waals surface area contributed by atoms with Gasteiger partial charge in [0.1, 0.15) is 0 Å². The van der Waals surface area contributed by atoms with Gasteiger partial charge in [0.05, 0.1) is 6.61 Å².